The van der Waals surface area contributed by atoms with Crippen molar-refractivity contribution < 1.29 is 5.11 Å². The van der Waals surface area contributed by atoms with E-state index in [1.54, 1.807) is 0 Å². The quantitative estimate of drug-likeness (QED) is 0.768. The molecule has 0 bridgehead atoms. The summed E-state index contributed by atoms with van der Waals surface area (Å²) in [4.78, 5) is 0. The summed E-state index contributed by atoms with van der Waals surface area (Å²) < 4.78 is 1.91. The molecule has 4 nitrogen and oxygen atoms in total. The number of nitrogens with zero attached hydrogens (tertiary/aromatic N) is 3. The molecule has 1 N–H and O–H groups in total. The van der Waals surface area contributed by atoms with Gasteiger partial charge >= 0.3 is 0 Å². The van der Waals surface area contributed by atoms with Crippen molar-refractivity contribution in [2.45, 2.75) is 46.3 Å². The van der Waals surface area contributed by atoms with Crippen molar-refractivity contribution >= 4 is 0 Å². The lowest BCUT2D eigenvalue weighted by molar-refractivity contribution is 0.275. The first-order chi connectivity index (χ1) is 6.24. The predicted molar refractivity (Wildman–Crippen MR) is 50.3 cm³/mol. The normalized spacial score (nSPS) is 11.2. The molecule has 4 heteroatoms. The largest absolute Gasteiger partial charge is 0.390 e. The number of hydrogen-bond donors (Lipinski definition) is 1. The lowest BCUT2D eigenvalue weighted by Gasteiger charge is -2.13. The van der Waals surface area contributed by atoms with Crippen LogP contribution in [0.1, 0.15) is 44.1 Å². The zero-order chi connectivity index (χ0) is 9.84. The minimum atomic E-state index is -0.0218. The summed E-state index contributed by atoms with van der Waals surface area (Å²) in [5, 5.41) is 16.9. The van der Waals surface area contributed by atoms with Gasteiger partial charge in [-0.1, -0.05) is 19.1 Å². The standard InChI is InChI=1S/C9H17N3O/c1-4-8(5-2)12-7(3)9(6-13)10-11-12/h8,13H,4-6H2,1-3H3. The maximum Gasteiger partial charge on any atom is 0.111 e. The van der Waals surface area contributed by atoms with E-state index in [0.29, 0.717) is 11.7 Å². The van der Waals surface area contributed by atoms with Crippen molar-refractivity contribution in [2.24, 2.45) is 0 Å². The monoisotopic (exact) mass is 183 g/mol. The van der Waals surface area contributed by atoms with E-state index in [2.05, 4.69) is 24.2 Å². The van der Waals surface area contributed by atoms with Crippen molar-refractivity contribution in [2.75, 3.05) is 0 Å². The molecule has 0 aliphatic carbocycles. The Balaban J connectivity index is 2.93. The predicted octanol–water partition coefficient (Wildman–Crippen LogP) is 1.44. The van der Waals surface area contributed by atoms with E-state index in [1.165, 1.54) is 0 Å². The van der Waals surface area contributed by atoms with Gasteiger partial charge in [0.05, 0.1) is 18.3 Å². The van der Waals surface area contributed by atoms with Gasteiger partial charge in [-0.25, -0.2) is 4.68 Å². The second kappa shape index (κ2) is 4.37. The Labute approximate surface area is 78.6 Å². The van der Waals surface area contributed by atoms with E-state index in [9.17, 15) is 0 Å². The average Bonchev–Trinajstić information content (AvgIpc) is 2.50. The molecule has 0 aliphatic heterocycles. The molecule has 0 atom stereocenters. The molecule has 0 aliphatic rings. The third-order valence-electron chi connectivity index (χ3n) is 2.46. The second-order valence-electron chi connectivity index (χ2n) is 3.19. The fraction of sp³-hybridized carbons (Fsp3) is 0.778. The van der Waals surface area contributed by atoms with Gasteiger partial charge in [-0.3, -0.25) is 0 Å². The van der Waals surface area contributed by atoms with Crippen LogP contribution in [0.3, 0.4) is 0 Å². The van der Waals surface area contributed by atoms with Gasteiger partial charge in [-0.05, 0) is 19.8 Å². The van der Waals surface area contributed by atoms with Crippen molar-refractivity contribution in [3.63, 3.8) is 0 Å². The molecule has 0 saturated carbocycles. The summed E-state index contributed by atoms with van der Waals surface area (Å²) in [6, 6.07) is 0.410. The van der Waals surface area contributed by atoms with Gasteiger partial charge in [0.25, 0.3) is 0 Å². The maximum atomic E-state index is 8.94. The fourth-order valence-corrected chi connectivity index (χ4v) is 1.50. The summed E-state index contributed by atoms with van der Waals surface area (Å²) in [5.74, 6) is 0. The molecule has 0 aromatic carbocycles. The van der Waals surface area contributed by atoms with E-state index in [4.69, 9.17) is 5.11 Å². The van der Waals surface area contributed by atoms with Crippen LogP contribution in [0.4, 0.5) is 0 Å². The molecule has 1 aromatic rings. The van der Waals surface area contributed by atoms with E-state index >= 15 is 0 Å². The average molecular weight is 183 g/mol. The highest BCUT2D eigenvalue weighted by Gasteiger charge is 2.13. The summed E-state index contributed by atoms with van der Waals surface area (Å²) in [6.07, 6.45) is 2.09. The molecule has 74 valence electrons. The smallest absolute Gasteiger partial charge is 0.111 e. The Morgan fingerprint density at radius 1 is 1.38 bits per heavy atom. The van der Waals surface area contributed by atoms with Crippen LogP contribution >= 0.6 is 0 Å². The molecule has 1 heterocycles. The van der Waals surface area contributed by atoms with Crippen LogP contribution in [0.25, 0.3) is 0 Å². The summed E-state index contributed by atoms with van der Waals surface area (Å²) in [7, 11) is 0. The topological polar surface area (TPSA) is 50.9 Å². The zero-order valence-corrected chi connectivity index (χ0v) is 8.49. The van der Waals surface area contributed by atoms with Crippen LogP contribution < -0.4 is 0 Å². The summed E-state index contributed by atoms with van der Waals surface area (Å²) >= 11 is 0. The number of rotatable bonds is 4. The Bertz CT molecular complexity index is 266. The van der Waals surface area contributed by atoms with E-state index in [0.717, 1.165) is 18.5 Å². The Morgan fingerprint density at radius 2 is 2.00 bits per heavy atom. The van der Waals surface area contributed by atoms with E-state index in [-0.39, 0.29) is 6.61 Å². The lowest BCUT2D eigenvalue weighted by Crippen LogP contribution is -2.10. The molecule has 0 unspecified atom stereocenters. The van der Waals surface area contributed by atoms with Crippen molar-refractivity contribution in [3.8, 4) is 0 Å². The third-order valence-corrected chi connectivity index (χ3v) is 2.46. The van der Waals surface area contributed by atoms with Gasteiger partial charge in [-0.15, -0.1) is 5.10 Å². The molecule has 0 spiro atoms. The maximum absolute atomic E-state index is 8.94. The van der Waals surface area contributed by atoms with Crippen LogP contribution in [0.2, 0.25) is 0 Å². The number of hydrogen-bond acceptors (Lipinski definition) is 3. The van der Waals surface area contributed by atoms with Crippen molar-refractivity contribution in [3.05, 3.63) is 11.4 Å². The van der Waals surface area contributed by atoms with Gasteiger partial charge in [0.15, 0.2) is 0 Å². The lowest BCUT2D eigenvalue weighted by atomic mass is 10.1. The highest BCUT2D eigenvalue weighted by molar-refractivity contribution is 5.07. The van der Waals surface area contributed by atoms with E-state index < -0.39 is 0 Å². The highest BCUT2D eigenvalue weighted by atomic mass is 16.3. The minimum Gasteiger partial charge on any atom is -0.390 e. The van der Waals surface area contributed by atoms with Crippen molar-refractivity contribution in [1.82, 2.24) is 15.0 Å². The van der Waals surface area contributed by atoms with Gasteiger partial charge in [0.2, 0.25) is 0 Å². The molecular weight excluding hydrogens is 166 g/mol. The highest BCUT2D eigenvalue weighted by Crippen LogP contribution is 2.17. The molecule has 1 rings (SSSR count). The molecule has 0 amide bonds. The first kappa shape index (κ1) is 10.2. The minimum absolute atomic E-state index is 0.0218. The van der Waals surface area contributed by atoms with Gasteiger partial charge < -0.3 is 5.11 Å². The molecule has 0 fully saturated rings. The first-order valence-electron chi connectivity index (χ1n) is 4.76. The number of aliphatic hydroxyl groups is 1. The van der Waals surface area contributed by atoms with Crippen LogP contribution in [0.5, 0.6) is 0 Å². The fourth-order valence-electron chi connectivity index (χ4n) is 1.50. The molecule has 0 radical (unpaired) electrons. The van der Waals surface area contributed by atoms with Crippen LogP contribution in [0.15, 0.2) is 0 Å². The Hall–Kier alpha value is -0.900. The summed E-state index contributed by atoms with van der Waals surface area (Å²) in [6.45, 7) is 6.19. The van der Waals surface area contributed by atoms with Crippen LogP contribution in [0, 0.1) is 6.92 Å². The van der Waals surface area contributed by atoms with Gasteiger partial charge in [0, 0.05) is 0 Å². The first-order valence-corrected chi connectivity index (χ1v) is 4.76. The van der Waals surface area contributed by atoms with Crippen molar-refractivity contribution in [1.29, 1.82) is 0 Å². The molecule has 13 heavy (non-hydrogen) atoms. The molecular formula is C9H17N3O. The number of aliphatic hydroxyl groups excluding tert-OH is 1. The third kappa shape index (κ3) is 1.88. The Morgan fingerprint density at radius 3 is 2.38 bits per heavy atom. The van der Waals surface area contributed by atoms with E-state index in [1.807, 2.05) is 11.6 Å². The summed E-state index contributed by atoms with van der Waals surface area (Å²) in [5.41, 5.74) is 1.67. The van der Waals surface area contributed by atoms with Crippen LogP contribution in [-0.4, -0.2) is 20.1 Å². The SMILES string of the molecule is CCC(CC)n1nnc(CO)c1C. The molecule has 0 saturated heterocycles. The molecule has 1 aromatic heterocycles. The second-order valence-corrected chi connectivity index (χ2v) is 3.19. The zero-order valence-electron chi connectivity index (χ0n) is 8.49. The number of aromatic nitrogens is 3. The van der Waals surface area contributed by atoms with Gasteiger partial charge in [0.1, 0.15) is 5.69 Å². The van der Waals surface area contributed by atoms with Crippen LogP contribution in [-0.2, 0) is 6.61 Å². The Kier molecular flexibility index (Phi) is 3.42. The van der Waals surface area contributed by atoms with Gasteiger partial charge in [-0.2, -0.15) is 0 Å².